The van der Waals surface area contributed by atoms with E-state index < -0.39 is 0 Å². The van der Waals surface area contributed by atoms with Crippen LogP contribution in [0, 0.1) is 5.92 Å². The lowest BCUT2D eigenvalue weighted by Crippen LogP contribution is -2.15. The quantitative estimate of drug-likeness (QED) is 0.763. The summed E-state index contributed by atoms with van der Waals surface area (Å²) in [6, 6.07) is 11.9. The van der Waals surface area contributed by atoms with Gasteiger partial charge in [-0.1, -0.05) is 37.5 Å². The normalized spacial score (nSPS) is 15.2. The first-order valence-corrected chi connectivity index (χ1v) is 6.87. The lowest BCUT2D eigenvalue weighted by molar-refractivity contribution is 0.0936. The maximum Gasteiger partial charge on any atom is 0.163 e. The van der Waals surface area contributed by atoms with Gasteiger partial charge in [0.25, 0.3) is 0 Å². The molecule has 3 rings (SSSR count). The third kappa shape index (κ3) is 2.48. The van der Waals surface area contributed by atoms with Gasteiger partial charge in [-0.15, -0.1) is 0 Å². The van der Waals surface area contributed by atoms with Gasteiger partial charge in [-0.2, -0.15) is 0 Å². The Morgan fingerprint density at radius 2 is 1.89 bits per heavy atom. The Kier molecular flexibility index (Phi) is 3.24. The minimum absolute atomic E-state index is 0.280. The van der Waals surface area contributed by atoms with Gasteiger partial charge in [0.2, 0.25) is 0 Å². The SMILES string of the molecule is COc1ccc2cc(C(=O)CC3CCC3)ccc2c1. The summed E-state index contributed by atoms with van der Waals surface area (Å²) in [7, 11) is 1.66. The molecule has 2 aromatic rings. The zero-order valence-electron chi connectivity index (χ0n) is 11.2. The van der Waals surface area contributed by atoms with E-state index in [-0.39, 0.29) is 5.78 Å². The van der Waals surface area contributed by atoms with Crippen LogP contribution < -0.4 is 4.74 Å². The van der Waals surface area contributed by atoms with E-state index in [0.717, 1.165) is 22.1 Å². The van der Waals surface area contributed by atoms with Crippen LogP contribution in [-0.4, -0.2) is 12.9 Å². The molecular weight excluding hydrogens is 236 g/mol. The van der Waals surface area contributed by atoms with E-state index in [9.17, 15) is 4.79 Å². The van der Waals surface area contributed by atoms with Crippen molar-refractivity contribution >= 4 is 16.6 Å². The third-order valence-corrected chi connectivity index (χ3v) is 4.07. The molecule has 0 amide bonds. The number of carbonyl (C=O) groups is 1. The first-order chi connectivity index (χ1) is 9.26. The van der Waals surface area contributed by atoms with Crippen LogP contribution in [0.15, 0.2) is 36.4 Å². The van der Waals surface area contributed by atoms with Gasteiger partial charge in [-0.25, -0.2) is 0 Å². The molecule has 0 heterocycles. The second-order valence-corrected chi connectivity index (χ2v) is 5.35. The number of Topliss-reactive ketones (excluding diaryl/α,β-unsaturated/α-hetero) is 1. The average Bonchev–Trinajstić information content (AvgIpc) is 2.41. The molecule has 1 saturated carbocycles. The number of hydrogen-bond donors (Lipinski definition) is 0. The number of ketones is 1. The predicted octanol–water partition coefficient (Wildman–Crippen LogP) is 4.22. The van der Waals surface area contributed by atoms with Crippen LogP contribution in [-0.2, 0) is 0 Å². The highest BCUT2D eigenvalue weighted by atomic mass is 16.5. The number of carbonyl (C=O) groups excluding carboxylic acids is 1. The molecule has 0 bridgehead atoms. The summed E-state index contributed by atoms with van der Waals surface area (Å²) >= 11 is 0. The monoisotopic (exact) mass is 254 g/mol. The Morgan fingerprint density at radius 3 is 2.58 bits per heavy atom. The van der Waals surface area contributed by atoms with Crippen molar-refractivity contribution in [3.05, 3.63) is 42.0 Å². The van der Waals surface area contributed by atoms with Crippen molar-refractivity contribution in [1.29, 1.82) is 0 Å². The molecule has 0 unspecified atom stereocenters. The van der Waals surface area contributed by atoms with Crippen molar-refractivity contribution in [2.75, 3.05) is 7.11 Å². The second kappa shape index (κ2) is 5.04. The topological polar surface area (TPSA) is 26.3 Å². The molecule has 0 aromatic heterocycles. The van der Waals surface area contributed by atoms with Crippen LogP contribution in [0.4, 0.5) is 0 Å². The molecule has 0 radical (unpaired) electrons. The van der Waals surface area contributed by atoms with Crippen molar-refractivity contribution in [3.8, 4) is 5.75 Å². The standard InChI is InChI=1S/C17H18O2/c1-19-16-8-7-13-10-15(6-5-14(13)11-16)17(18)9-12-3-2-4-12/h5-8,10-12H,2-4,9H2,1H3. The molecule has 0 spiro atoms. The molecule has 1 aliphatic rings. The van der Waals surface area contributed by atoms with Crippen LogP contribution in [0.3, 0.4) is 0 Å². The zero-order valence-corrected chi connectivity index (χ0v) is 11.2. The number of ether oxygens (including phenoxy) is 1. The third-order valence-electron chi connectivity index (χ3n) is 4.07. The predicted molar refractivity (Wildman–Crippen MR) is 76.8 cm³/mol. The molecule has 0 aliphatic heterocycles. The molecule has 1 fully saturated rings. The Morgan fingerprint density at radius 1 is 1.16 bits per heavy atom. The van der Waals surface area contributed by atoms with Crippen LogP contribution in [0.1, 0.15) is 36.0 Å². The van der Waals surface area contributed by atoms with Crippen molar-refractivity contribution in [1.82, 2.24) is 0 Å². The Hall–Kier alpha value is -1.83. The molecule has 0 N–H and O–H groups in total. The van der Waals surface area contributed by atoms with Crippen molar-refractivity contribution in [2.24, 2.45) is 5.92 Å². The number of benzene rings is 2. The maximum absolute atomic E-state index is 12.2. The number of methoxy groups -OCH3 is 1. The highest BCUT2D eigenvalue weighted by Crippen LogP contribution is 2.31. The van der Waals surface area contributed by atoms with E-state index in [1.54, 1.807) is 7.11 Å². The average molecular weight is 254 g/mol. The van der Waals surface area contributed by atoms with E-state index in [2.05, 4.69) is 0 Å². The molecule has 2 heteroatoms. The van der Waals surface area contributed by atoms with E-state index >= 15 is 0 Å². The molecule has 2 aromatic carbocycles. The zero-order chi connectivity index (χ0) is 13.2. The van der Waals surface area contributed by atoms with E-state index in [1.807, 2.05) is 36.4 Å². The fourth-order valence-corrected chi connectivity index (χ4v) is 2.60. The number of hydrogen-bond acceptors (Lipinski definition) is 2. The van der Waals surface area contributed by atoms with Crippen molar-refractivity contribution in [3.63, 3.8) is 0 Å². The summed E-state index contributed by atoms with van der Waals surface area (Å²) in [6.45, 7) is 0. The van der Waals surface area contributed by atoms with Crippen molar-refractivity contribution in [2.45, 2.75) is 25.7 Å². The minimum atomic E-state index is 0.280. The largest absolute Gasteiger partial charge is 0.497 e. The summed E-state index contributed by atoms with van der Waals surface area (Å²) in [5, 5.41) is 2.21. The Balaban J connectivity index is 1.86. The first kappa shape index (κ1) is 12.2. The highest BCUT2D eigenvalue weighted by Gasteiger charge is 2.21. The van der Waals surface area contributed by atoms with Gasteiger partial charge in [0.15, 0.2) is 5.78 Å². The summed E-state index contributed by atoms with van der Waals surface area (Å²) in [5.74, 6) is 1.75. The van der Waals surface area contributed by atoms with Gasteiger partial charge in [-0.3, -0.25) is 4.79 Å². The Bertz CT molecular complexity index is 612. The fraction of sp³-hybridized carbons (Fsp3) is 0.353. The molecule has 19 heavy (non-hydrogen) atoms. The van der Waals surface area contributed by atoms with Gasteiger partial charge < -0.3 is 4.74 Å². The fourth-order valence-electron chi connectivity index (χ4n) is 2.60. The maximum atomic E-state index is 12.2. The molecule has 1 aliphatic carbocycles. The highest BCUT2D eigenvalue weighted by molar-refractivity contribution is 6.00. The van der Waals surface area contributed by atoms with Crippen LogP contribution in [0.25, 0.3) is 10.8 Å². The first-order valence-electron chi connectivity index (χ1n) is 6.87. The Labute approximate surface area is 113 Å². The number of rotatable bonds is 4. The second-order valence-electron chi connectivity index (χ2n) is 5.35. The summed E-state index contributed by atoms with van der Waals surface area (Å²) < 4.78 is 5.21. The van der Waals surface area contributed by atoms with Gasteiger partial charge in [0.1, 0.15) is 5.75 Å². The summed E-state index contributed by atoms with van der Waals surface area (Å²) in [6.07, 6.45) is 4.43. The van der Waals surface area contributed by atoms with Gasteiger partial charge in [0.05, 0.1) is 7.11 Å². The molecule has 0 saturated heterocycles. The van der Waals surface area contributed by atoms with E-state index in [1.165, 1.54) is 19.3 Å². The van der Waals surface area contributed by atoms with E-state index in [4.69, 9.17) is 4.74 Å². The van der Waals surface area contributed by atoms with Crippen LogP contribution in [0.5, 0.6) is 5.75 Å². The van der Waals surface area contributed by atoms with Crippen molar-refractivity contribution < 1.29 is 9.53 Å². The minimum Gasteiger partial charge on any atom is -0.497 e. The van der Waals surface area contributed by atoms with Gasteiger partial charge >= 0.3 is 0 Å². The number of fused-ring (bicyclic) bond motifs is 1. The van der Waals surface area contributed by atoms with Gasteiger partial charge in [-0.05, 0) is 34.9 Å². The van der Waals surface area contributed by atoms with Gasteiger partial charge in [0, 0.05) is 12.0 Å². The molecule has 0 atom stereocenters. The summed E-state index contributed by atoms with van der Waals surface area (Å²) in [5.41, 5.74) is 0.838. The lowest BCUT2D eigenvalue weighted by Gasteiger charge is -2.24. The van der Waals surface area contributed by atoms with E-state index in [0.29, 0.717) is 12.3 Å². The van der Waals surface area contributed by atoms with Crippen LogP contribution in [0.2, 0.25) is 0 Å². The summed E-state index contributed by atoms with van der Waals surface area (Å²) in [4.78, 5) is 12.2. The molecular formula is C17H18O2. The molecule has 2 nitrogen and oxygen atoms in total. The van der Waals surface area contributed by atoms with Crippen LogP contribution >= 0.6 is 0 Å². The smallest absolute Gasteiger partial charge is 0.163 e. The molecule has 98 valence electrons. The lowest BCUT2D eigenvalue weighted by atomic mass is 9.81.